The van der Waals surface area contributed by atoms with Crippen LogP contribution >= 0.6 is 11.8 Å². The molecule has 1 aromatic carbocycles. The quantitative estimate of drug-likeness (QED) is 0.700. The molecular weight excluding hydrogens is 258 g/mol. The van der Waals surface area contributed by atoms with Crippen molar-refractivity contribution in [3.8, 4) is 0 Å². The summed E-state index contributed by atoms with van der Waals surface area (Å²) in [6.07, 6.45) is -0.304. The number of primary amides is 1. The van der Waals surface area contributed by atoms with Gasteiger partial charge in [0.15, 0.2) is 0 Å². The minimum absolute atomic E-state index is 0.0253. The summed E-state index contributed by atoms with van der Waals surface area (Å²) in [6.45, 7) is 0.0253. The monoisotopic (exact) mass is 271 g/mol. The molecule has 1 rings (SSSR count). The predicted molar refractivity (Wildman–Crippen MR) is 67.0 cm³/mol. The van der Waals surface area contributed by atoms with Crippen molar-refractivity contribution in [2.24, 2.45) is 5.73 Å². The highest BCUT2D eigenvalue weighted by Gasteiger charge is 2.12. The number of hydrogen-bond acceptors (Lipinski definition) is 4. The van der Waals surface area contributed by atoms with Crippen LogP contribution in [0, 0.1) is 0 Å². The van der Waals surface area contributed by atoms with E-state index >= 15 is 0 Å². The zero-order valence-corrected chi connectivity index (χ0v) is 10.3. The Labute approximate surface area is 110 Å². The largest absolute Gasteiger partial charge is 0.447 e. The number of imide groups is 1. The number of alkyl carbamates (subject to hydrolysis) is 1. The fraction of sp³-hybridized carbons (Fsp3) is 0.273. The number of urea groups is 1. The molecule has 3 amide bonds. The van der Waals surface area contributed by atoms with E-state index in [1.807, 2.05) is 30.3 Å². The van der Waals surface area contributed by atoms with Crippen LogP contribution < -0.4 is 15.9 Å². The number of rotatable bonds is 5. The average molecular weight is 272 g/mol. The van der Waals surface area contributed by atoms with E-state index in [2.05, 4.69) is 4.84 Å². The smallest absolute Gasteiger partial charge is 0.415 e. The maximum Gasteiger partial charge on any atom is 0.415 e. The second-order valence-electron chi connectivity index (χ2n) is 3.58. The SMILES string of the molecule is NC(=O)NC(=O)OCC(Cc1ccccc1)NCl. The van der Waals surface area contributed by atoms with E-state index in [1.54, 1.807) is 5.32 Å². The first-order valence-corrected chi connectivity index (χ1v) is 5.63. The fourth-order valence-electron chi connectivity index (χ4n) is 1.34. The molecule has 0 aromatic heterocycles. The number of nitrogens with two attached hydrogens (primary N) is 1. The van der Waals surface area contributed by atoms with Crippen LogP contribution in [0.2, 0.25) is 0 Å². The van der Waals surface area contributed by atoms with Crippen molar-refractivity contribution in [2.75, 3.05) is 6.61 Å². The van der Waals surface area contributed by atoms with E-state index < -0.39 is 12.1 Å². The Balaban J connectivity index is 2.38. The van der Waals surface area contributed by atoms with Crippen molar-refractivity contribution in [3.63, 3.8) is 0 Å². The molecule has 0 aliphatic heterocycles. The Hall–Kier alpha value is -1.79. The molecule has 0 saturated heterocycles. The summed E-state index contributed by atoms with van der Waals surface area (Å²) in [5, 5.41) is 1.79. The van der Waals surface area contributed by atoms with E-state index in [0.29, 0.717) is 6.42 Å². The molecule has 98 valence electrons. The normalized spacial score (nSPS) is 11.6. The summed E-state index contributed by atoms with van der Waals surface area (Å²) in [5.74, 6) is 0. The molecule has 18 heavy (non-hydrogen) atoms. The Morgan fingerprint density at radius 3 is 2.56 bits per heavy atom. The summed E-state index contributed by atoms with van der Waals surface area (Å²) in [5.41, 5.74) is 5.81. The van der Waals surface area contributed by atoms with Crippen molar-refractivity contribution in [3.05, 3.63) is 35.9 Å². The minimum atomic E-state index is -0.960. The molecule has 0 aliphatic rings. The number of carbonyl (C=O) groups is 2. The zero-order valence-electron chi connectivity index (χ0n) is 9.56. The van der Waals surface area contributed by atoms with E-state index in [4.69, 9.17) is 22.2 Å². The van der Waals surface area contributed by atoms with Crippen LogP contribution in [0.4, 0.5) is 9.59 Å². The van der Waals surface area contributed by atoms with Crippen molar-refractivity contribution >= 4 is 23.9 Å². The maximum absolute atomic E-state index is 11.0. The Kier molecular flexibility index (Phi) is 5.96. The first-order chi connectivity index (χ1) is 8.61. The molecule has 4 N–H and O–H groups in total. The molecule has 0 heterocycles. The molecule has 0 spiro atoms. The lowest BCUT2D eigenvalue weighted by molar-refractivity contribution is 0.138. The third-order valence-corrected chi connectivity index (χ3v) is 2.43. The van der Waals surface area contributed by atoms with Gasteiger partial charge in [0.25, 0.3) is 0 Å². The highest BCUT2D eigenvalue weighted by molar-refractivity contribution is 6.13. The fourth-order valence-corrected chi connectivity index (χ4v) is 1.48. The van der Waals surface area contributed by atoms with Gasteiger partial charge in [-0.1, -0.05) is 30.3 Å². The topological polar surface area (TPSA) is 93.5 Å². The standard InChI is InChI=1S/C11H14ClN3O3/c12-15-9(6-8-4-2-1-3-5-8)7-18-11(17)14-10(13)16/h1-5,9,15H,6-7H2,(H3,13,14,16,17). The molecule has 1 aromatic rings. The van der Waals surface area contributed by atoms with Gasteiger partial charge < -0.3 is 10.5 Å². The van der Waals surface area contributed by atoms with Crippen molar-refractivity contribution in [2.45, 2.75) is 12.5 Å². The zero-order chi connectivity index (χ0) is 13.4. The summed E-state index contributed by atoms with van der Waals surface area (Å²) in [7, 11) is 0. The minimum Gasteiger partial charge on any atom is -0.447 e. The lowest BCUT2D eigenvalue weighted by Crippen LogP contribution is -2.38. The van der Waals surface area contributed by atoms with Gasteiger partial charge in [0.05, 0.1) is 6.04 Å². The van der Waals surface area contributed by atoms with Crippen molar-refractivity contribution in [1.82, 2.24) is 10.2 Å². The molecule has 7 heteroatoms. The molecule has 0 saturated carbocycles. The maximum atomic E-state index is 11.0. The predicted octanol–water partition coefficient (Wildman–Crippen LogP) is 1.15. The number of hydrogen-bond donors (Lipinski definition) is 3. The van der Waals surface area contributed by atoms with Crippen LogP contribution in [-0.2, 0) is 11.2 Å². The van der Waals surface area contributed by atoms with Gasteiger partial charge in [0.2, 0.25) is 0 Å². The Morgan fingerprint density at radius 1 is 1.33 bits per heavy atom. The first kappa shape index (κ1) is 14.3. The van der Waals surface area contributed by atoms with E-state index in [0.717, 1.165) is 5.56 Å². The molecule has 6 nitrogen and oxygen atoms in total. The number of amides is 3. The molecule has 0 radical (unpaired) electrons. The van der Waals surface area contributed by atoms with Gasteiger partial charge >= 0.3 is 12.1 Å². The highest BCUT2D eigenvalue weighted by atomic mass is 35.5. The number of carbonyl (C=O) groups excluding carboxylic acids is 2. The van der Waals surface area contributed by atoms with Gasteiger partial charge in [-0.3, -0.25) is 0 Å². The van der Waals surface area contributed by atoms with Gasteiger partial charge in [-0.15, -0.1) is 0 Å². The first-order valence-electron chi connectivity index (χ1n) is 5.25. The summed E-state index contributed by atoms with van der Waals surface area (Å²) in [4.78, 5) is 23.9. The van der Waals surface area contributed by atoms with Crippen LogP contribution in [0.3, 0.4) is 0 Å². The summed E-state index contributed by atoms with van der Waals surface area (Å²) in [6, 6.07) is 8.37. The highest BCUT2D eigenvalue weighted by Crippen LogP contribution is 2.04. The molecule has 0 aliphatic carbocycles. The van der Waals surface area contributed by atoms with E-state index in [9.17, 15) is 9.59 Å². The van der Waals surface area contributed by atoms with Crippen molar-refractivity contribution in [1.29, 1.82) is 0 Å². The number of halogens is 1. The summed E-state index contributed by atoms with van der Waals surface area (Å²) >= 11 is 5.55. The van der Waals surface area contributed by atoms with Gasteiger partial charge in [0, 0.05) is 0 Å². The lowest BCUT2D eigenvalue weighted by Gasteiger charge is -2.14. The van der Waals surface area contributed by atoms with Gasteiger partial charge in [-0.05, 0) is 23.8 Å². The molecule has 1 unspecified atom stereocenters. The lowest BCUT2D eigenvalue weighted by atomic mass is 10.1. The molecule has 0 fully saturated rings. The Morgan fingerprint density at radius 2 is 2.00 bits per heavy atom. The molecule has 1 atom stereocenters. The molecular formula is C11H14ClN3O3. The third-order valence-electron chi connectivity index (χ3n) is 2.12. The van der Waals surface area contributed by atoms with Crippen LogP contribution in [0.15, 0.2) is 30.3 Å². The Bertz CT molecular complexity index is 400. The van der Waals surface area contributed by atoms with Crippen molar-refractivity contribution < 1.29 is 14.3 Å². The van der Waals surface area contributed by atoms with Crippen LogP contribution in [0.25, 0.3) is 0 Å². The summed E-state index contributed by atoms with van der Waals surface area (Å²) < 4.78 is 4.78. The number of nitrogens with one attached hydrogen (secondary N) is 2. The van der Waals surface area contributed by atoms with Gasteiger partial charge in [-0.2, -0.15) is 0 Å². The van der Waals surface area contributed by atoms with Gasteiger partial charge in [-0.25, -0.2) is 19.7 Å². The third kappa shape index (κ3) is 5.51. The van der Waals surface area contributed by atoms with Crippen LogP contribution in [-0.4, -0.2) is 24.8 Å². The molecule has 0 bridgehead atoms. The number of benzene rings is 1. The second-order valence-corrected chi connectivity index (χ2v) is 3.80. The number of ether oxygens (including phenoxy) is 1. The second kappa shape index (κ2) is 7.52. The van der Waals surface area contributed by atoms with Crippen LogP contribution in [0.1, 0.15) is 5.56 Å². The van der Waals surface area contributed by atoms with E-state index in [-0.39, 0.29) is 12.6 Å². The van der Waals surface area contributed by atoms with E-state index in [1.165, 1.54) is 0 Å². The van der Waals surface area contributed by atoms with Crippen LogP contribution in [0.5, 0.6) is 0 Å². The van der Waals surface area contributed by atoms with Gasteiger partial charge in [0.1, 0.15) is 6.61 Å². The average Bonchev–Trinajstić information content (AvgIpc) is 2.35.